The number of allylic oxidation sites excluding steroid dienone is 1. The minimum Gasteiger partial charge on any atom is -0.480 e. The summed E-state index contributed by atoms with van der Waals surface area (Å²) in [7, 11) is 0. The van der Waals surface area contributed by atoms with Crippen LogP contribution in [0.25, 0.3) is 0 Å². The Kier molecular flexibility index (Phi) is 7.18. The van der Waals surface area contributed by atoms with Crippen molar-refractivity contribution in [3.8, 4) is 0 Å². The van der Waals surface area contributed by atoms with E-state index in [1.807, 2.05) is 6.92 Å². The molecule has 2 unspecified atom stereocenters. The summed E-state index contributed by atoms with van der Waals surface area (Å²) in [4.78, 5) is 22.7. The summed E-state index contributed by atoms with van der Waals surface area (Å²) in [5.74, 6) is -1.22. The predicted octanol–water partition coefficient (Wildman–Crippen LogP) is 1.87. The molecule has 1 aliphatic rings. The van der Waals surface area contributed by atoms with Gasteiger partial charge in [-0.05, 0) is 39.0 Å². The van der Waals surface area contributed by atoms with Crippen LogP contribution in [0.4, 0.5) is 0 Å². The Balaban J connectivity index is 2.29. The third kappa shape index (κ3) is 6.38. The van der Waals surface area contributed by atoms with Crippen molar-refractivity contribution < 1.29 is 19.4 Å². The van der Waals surface area contributed by atoms with E-state index in [1.165, 1.54) is 0 Å². The zero-order valence-electron chi connectivity index (χ0n) is 11.4. The Morgan fingerprint density at radius 1 is 1.47 bits per heavy atom. The monoisotopic (exact) mass is 269 g/mol. The van der Waals surface area contributed by atoms with Crippen LogP contribution >= 0.6 is 0 Å². The van der Waals surface area contributed by atoms with Gasteiger partial charge in [0.1, 0.15) is 6.04 Å². The summed E-state index contributed by atoms with van der Waals surface area (Å²) in [5.41, 5.74) is 0. The van der Waals surface area contributed by atoms with Crippen molar-refractivity contribution in [1.29, 1.82) is 0 Å². The highest BCUT2D eigenvalue weighted by Gasteiger charge is 2.20. The standard InChI is InChI=1S/C14H23NO4/c1-2-3-7-12(14(17)18)15-13(16)9-8-11-6-4-5-10-19-11/h2-3,11-12H,4-10H2,1H3,(H,15,16)(H,17,18)/b3-2+. The molecule has 19 heavy (non-hydrogen) atoms. The molecular weight excluding hydrogens is 246 g/mol. The van der Waals surface area contributed by atoms with E-state index in [0.29, 0.717) is 19.3 Å². The van der Waals surface area contributed by atoms with Crippen LogP contribution in [-0.2, 0) is 14.3 Å². The minimum atomic E-state index is -1.000. The lowest BCUT2D eigenvalue weighted by atomic mass is 10.0. The first kappa shape index (κ1) is 15.7. The van der Waals surface area contributed by atoms with E-state index in [1.54, 1.807) is 12.2 Å². The lowest BCUT2D eigenvalue weighted by molar-refractivity contribution is -0.141. The molecule has 5 nitrogen and oxygen atoms in total. The average Bonchev–Trinajstić information content (AvgIpc) is 2.42. The van der Waals surface area contributed by atoms with Crippen LogP contribution in [0.5, 0.6) is 0 Å². The summed E-state index contributed by atoms with van der Waals surface area (Å²) < 4.78 is 5.54. The van der Waals surface area contributed by atoms with Crippen molar-refractivity contribution in [2.24, 2.45) is 0 Å². The Labute approximate surface area is 114 Å². The first-order chi connectivity index (χ1) is 9.13. The van der Waals surface area contributed by atoms with E-state index in [2.05, 4.69) is 5.32 Å². The van der Waals surface area contributed by atoms with Crippen molar-refractivity contribution in [3.05, 3.63) is 12.2 Å². The van der Waals surface area contributed by atoms with Crippen LogP contribution in [0.1, 0.15) is 45.4 Å². The molecule has 0 spiro atoms. The van der Waals surface area contributed by atoms with E-state index in [9.17, 15) is 9.59 Å². The SMILES string of the molecule is C/C=C/CC(NC(=O)CCC1CCCCO1)C(=O)O. The lowest BCUT2D eigenvalue weighted by Crippen LogP contribution is -2.40. The van der Waals surface area contributed by atoms with Gasteiger partial charge in [0.2, 0.25) is 5.91 Å². The third-order valence-corrected chi connectivity index (χ3v) is 3.21. The number of hydrogen-bond acceptors (Lipinski definition) is 3. The van der Waals surface area contributed by atoms with Gasteiger partial charge in [0, 0.05) is 13.0 Å². The number of amides is 1. The fraction of sp³-hybridized carbons (Fsp3) is 0.714. The zero-order valence-corrected chi connectivity index (χ0v) is 11.4. The van der Waals surface area contributed by atoms with Gasteiger partial charge in [0.25, 0.3) is 0 Å². The molecule has 1 saturated heterocycles. The van der Waals surface area contributed by atoms with Crippen LogP contribution in [0.3, 0.4) is 0 Å². The maximum Gasteiger partial charge on any atom is 0.326 e. The van der Waals surface area contributed by atoms with Crippen molar-refractivity contribution in [1.82, 2.24) is 5.32 Å². The fourth-order valence-corrected chi connectivity index (χ4v) is 2.09. The number of aliphatic carboxylic acids is 1. The summed E-state index contributed by atoms with van der Waals surface area (Å²) >= 11 is 0. The van der Waals surface area contributed by atoms with Crippen molar-refractivity contribution in [3.63, 3.8) is 0 Å². The molecule has 2 atom stereocenters. The maximum absolute atomic E-state index is 11.7. The quantitative estimate of drug-likeness (QED) is 0.692. The predicted molar refractivity (Wildman–Crippen MR) is 71.8 cm³/mol. The Bertz CT molecular complexity index is 321. The molecule has 0 aromatic carbocycles. The van der Waals surface area contributed by atoms with Gasteiger partial charge >= 0.3 is 5.97 Å². The number of carboxylic acid groups (broad SMARTS) is 1. The third-order valence-electron chi connectivity index (χ3n) is 3.21. The normalized spacial score (nSPS) is 21.2. The molecule has 2 N–H and O–H groups in total. The van der Waals surface area contributed by atoms with Crippen molar-refractivity contribution in [2.45, 2.75) is 57.6 Å². The van der Waals surface area contributed by atoms with E-state index in [0.717, 1.165) is 25.9 Å². The van der Waals surface area contributed by atoms with Crippen LogP contribution in [-0.4, -0.2) is 35.7 Å². The Morgan fingerprint density at radius 3 is 2.84 bits per heavy atom. The van der Waals surface area contributed by atoms with Gasteiger partial charge in [-0.15, -0.1) is 0 Å². The first-order valence-corrected chi connectivity index (χ1v) is 6.88. The second kappa shape index (κ2) is 8.69. The molecule has 1 aliphatic heterocycles. The highest BCUT2D eigenvalue weighted by molar-refractivity contribution is 5.83. The summed E-state index contributed by atoms with van der Waals surface area (Å²) in [6, 6.07) is -0.837. The van der Waals surface area contributed by atoms with Gasteiger partial charge in [0.15, 0.2) is 0 Å². The van der Waals surface area contributed by atoms with Crippen molar-refractivity contribution >= 4 is 11.9 Å². The topological polar surface area (TPSA) is 75.6 Å². The number of carbonyl (C=O) groups is 2. The molecule has 5 heteroatoms. The fourth-order valence-electron chi connectivity index (χ4n) is 2.09. The van der Waals surface area contributed by atoms with E-state index in [4.69, 9.17) is 9.84 Å². The van der Waals surface area contributed by atoms with Crippen LogP contribution < -0.4 is 5.32 Å². The number of carboxylic acids is 1. The molecule has 0 saturated carbocycles. The second-order valence-electron chi connectivity index (χ2n) is 4.79. The minimum absolute atomic E-state index is 0.151. The van der Waals surface area contributed by atoms with Gasteiger partial charge < -0.3 is 15.2 Å². The largest absolute Gasteiger partial charge is 0.480 e. The summed E-state index contributed by atoms with van der Waals surface area (Å²) in [6.45, 7) is 2.59. The molecule has 1 heterocycles. The Hall–Kier alpha value is -1.36. The highest BCUT2D eigenvalue weighted by atomic mass is 16.5. The van der Waals surface area contributed by atoms with E-state index >= 15 is 0 Å². The second-order valence-corrected chi connectivity index (χ2v) is 4.79. The molecule has 108 valence electrons. The zero-order chi connectivity index (χ0) is 14.1. The highest BCUT2D eigenvalue weighted by Crippen LogP contribution is 2.16. The molecule has 0 bridgehead atoms. The van der Waals surface area contributed by atoms with Crippen molar-refractivity contribution in [2.75, 3.05) is 6.61 Å². The number of nitrogens with one attached hydrogen (secondary N) is 1. The molecule has 1 fully saturated rings. The number of rotatable bonds is 7. The number of ether oxygens (including phenoxy) is 1. The van der Waals surface area contributed by atoms with Gasteiger partial charge in [0.05, 0.1) is 6.10 Å². The van der Waals surface area contributed by atoms with Crippen LogP contribution in [0.2, 0.25) is 0 Å². The lowest BCUT2D eigenvalue weighted by Gasteiger charge is -2.22. The molecule has 0 aromatic heterocycles. The Morgan fingerprint density at radius 2 is 2.26 bits per heavy atom. The summed E-state index contributed by atoms with van der Waals surface area (Å²) in [5, 5.41) is 11.5. The maximum atomic E-state index is 11.7. The first-order valence-electron chi connectivity index (χ1n) is 6.88. The van der Waals surface area contributed by atoms with Crippen LogP contribution in [0.15, 0.2) is 12.2 Å². The molecule has 0 aliphatic carbocycles. The summed E-state index contributed by atoms with van der Waals surface area (Å²) in [6.07, 6.45) is 8.20. The average molecular weight is 269 g/mol. The van der Waals surface area contributed by atoms with Gasteiger partial charge in [-0.3, -0.25) is 4.79 Å². The molecular formula is C14H23NO4. The van der Waals surface area contributed by atoms with Gasteiger partial charge in [-0.25, -0.2) is 4.79 Å². The van der Waals surface area contributed by atoms with E-state index in [-0.39, 0.29) is 12.0 Å². The van der Waals surface area contributed by atoms with Gasteiger partial charge in [-0.2, -0.15) is 0 Å². The van der Waals surface area contributed by atoms with Gasteiger partial charge in [-0.1, -0.05) is 12.2 Å². The molecule has 1 rings (SSSR count). The van der Waals surface area contributed by atoms with Crippen LogP contribution in [0, 0.1) is 0 Å². The molecule has 0 aromatic rings. The molecule has 0 radical (unpaired) electrons. The van der Waals surface area contributed by atoms with E-state index < -0.39 is 12.0 Å². The number of hydrogen-bond donors (Lipinski definition) is 2. The molecule has 1 amide bonds. The number of carbonyl (C=O) groups excluding carboxylic acids is 1. The smallest absolute Gasteiger partial charge is 0.326 e.